The van der Waals surface area contributed by atoms with Crippen molar-refractivity contribution in [3.05, 3.63) is 60.2 Å². The molecule has 128 valence electrons. The van der Waals surface area contributed by atoms with Crippen molar-refractivity contribution in [1.29, 1.82) is 0 Å². The second-order valence-electron chi connectivity index (χ2n) is 5.60. The maximum atomic E-state index is 12.1. The van der Waals surface area contributed by atoms with Crippen molar-refractivity contribution in [2.75, 3.05) is 11.1 Å². The van der Waals surface area contributed by atoms with Crippen molar-refractivity contribution in [1.82, 2.24) is 4.98 Å². The first-order valence-corrected chi connectivity index (χ1v) is 10.1. The lowest BCUT2D eigenvalue weighted by atomic mass is 10.2. The number of amides is 1. The van der Waals surface area contributed by atoms with E-state index >= 15 is 0 Å². The van der Waals surface area contributed by atoms with Crippen LogP contribution in [0.3, 0.4) is 0 Å². The second kappa shape index (κ2) is 8.83. The third kappa shape index (κ3) is 5.18. The molecule has 0 aliphatic rings. The molecular formula is C20H20N2OS2. The Bertz CT molecular complexity index is 872. The molecule has 1 heterocycles. The van der Waals surface area contributed by atoms with E-state index in [4.69, 9.17) is 0 Å². The van der Waals surface area contributed by atoms with Gasteiger partial charge in [-0.15, -0.1) is 11.3 Å². The molecule has 0 saturated carbocycles. The summed E-state index contributed by atoms with van der Waals surface area (Å²) < 4.78 is 2.19. The summed E-state index contributed by atoms with van der Waals surface area (Å²) in [4.78, 5) is 16.7. The minimum atomic E-state index is -0.134. The average molecular weight is 369 g/mol. The predicted octanol–water partition coefficient (Wildman–Crippen LogP) is 5.84. The van der Waals surface area contributed by atoms with Crippen molar-refractivity contribution >= 4 is 51.0 Å². The maximum Gasteiger partial charge on any atom is 0.248 e. The lowest BCUT2D eigenvalue weighted by Gasteiger charge is -2.01. The van der Waals surface area contributed by atoms with Crippen LogP contribution >= 0.6 is 23.1 Å². The van der Waals surface area contributed by atoms with Crippen LogP contribution in [0.15, 0.2) is 58.9 Å². The molecule has 1 N–H and O–H groups in total. The number of hydrogen-bond donors (Lipinski definition) is 1. The van der Waals surface area contributed by atoms with E-state index in [0.717, 1.165) is 31.6 Å². The van der Waals surface area contributed by atoms with Crippen molar-refractivity contribution in [3.63, 3.8) is 0 Å². The van der Waals surface area contributed by atoms with Gasteiger partial charge in [0.1, 0.15) is 0 Å². The number of thioether (sulfide) groups is 1. The third-order valence-electron chi connectivity index (χ3n) is 3.59. The molecule has 0 aliphatic heterocycles. The molecule has 3 aromatic rings. The van der Waals surface area contributed by atoms with Crippen molar-refractivity contribution in [3.8, 4) is 0 Å². The number of fused-ring (bicyclic) bond motifs is 1. The molecule has 0 bridgehead atoms. The van der Waals surface area contributed by atoms with Crippen LogP contribution in [0, 0.1) is 0 Å². The largest absolute Gasteiger partial charge is 0.322 e. The normalized spacial score (nSPS) is 11.2. The highest BCUT2D eigenvalue weighted by Gasteiger charge is 2.06. The number of rotatable bonds is 7. The molecule has 0 radical (unpaired) electrons. The lowest BCUT2D eigenvalue weighted by Crippen LogP contribution is -2.07. The average Bonchev–Trinajstić information content (AvgIpc) is 3.03. The van der Waals surface area contributed by atoms with Crippen LogP contribution in [0.25, 0.3) is 16.3 Å². The molecule has 0 aliphatic carbocycles. The summed E-state index contributed by atoms with van der Waals surface area (Å²) in [6.07, 6.45) is 5.77. The minimum absolute atomic E-state index is 0.134. The van der Waals surface area contributed by atoms with Gasteiger partial charge in [-0.2, -0.15) is 0 Å². The van der Waals surface area contributed by atoms with Crippen LogP contribution in [0.2, 0.25) is 0 Å². The number of hydrogen-bond acceptors (Lipinski definition) is 4. The molecule has 0 atom stereocenters. The zero-order valence-electron chi connectivity index (χ0n) is 14.1. The third-order valence-corrected chi connectivity index (χ3v) is 5.83. The summed E-state index contributed by atoms with van der Waals surface area (Å²) in [6.45, 7) is 2.19. The molecule has 1 aromatic heterocycles. The van der Waals surface area contributed by atoms with Crippen LogP contribution in [0.4, 0.5) is 5.69 Å². The standard InChI is InChI=1S/C20H20N2OS2/c1-2-3-13-24-20-22-17-11-10-16(14-18(17)25-20)21-19(23)12-9-15-7-5-4-6-8-15/h4-12,14H,2-3,13H2,1H3,(H,21,23)/b12-9+. The number of thiazole rings is 1. The Morgan fingerprint density at radius 2 is 2.08 bits per heavy atom. The number of carbonyl (C=O) groups excluding carboxylic acids is 1. The Morgan fingerprint density at radius 3 is 2.88 bits per heavy atom. The maximum absolute atomic E-state index is 12.1. The van der Waals surface area contributed by atoms with E-state index in [1.54, 1.807) is 29.2 Å². The molecular weight excluding hydrogens is 348 g/mol. The Balaban J connectivity index is 1.65. The fourth-order valence-electron chi connectivity index (χ4n) is 2.27. The van der Waals surface area contributed by atoms with Crippen molar-refractivity contribution < 1.29 is 4.79 Å². The molecule has 0 fully saturated rings. The van der Waals surface area contributed by atoms with Gasteiger partial charge in [0.15, 0.2) is 4.34 Å². The van der Waals surface area contributed by atoms with E-state index in [-0.39, 0.29) is 5.91 Å². The highest BCUT2D eigenvalue weighted by atomic mass is 32.2. The van der Waals surface area contributed by atoms with Gasteiger partial charge in [0.25, 0.3) is 0 Å². The van der Waals surface area contributed by atoms with E-state index < -0.39 is 0 Å². The molecule has 3 nitrogen and oxygen atoms in total. The van der Waals surface area contributed by atoms with Gasteiger partial charge >= 0.3 is 0 Å². The van der Waals surface area contributed by atoms with Crippen LogP contribution in [-0.2, 0) is 4.79 Å². The summed E-state index contributed by atoms with van der Waals surface area (Å²) >= 11 is 3.49. The Kier molecular flexibility index (Phi) is 6.25. The smallest absolute Gasteiger partial charge is 0.248 e. The van der Waals surface area contributed by atoms with Crippen molar-refractivity contribution in [2.24, 2.45) is 0 Å². The van der Waals surface area contributed by atoms with E-state index in [0.29, 0.717) is 0 Å². The molecule has 3 rings (SSSR count). The fraction of sp³-hybridized carbons (Fsp3) is 0.200. The van der Waals surface area contributed by atoms with Gasteiger partial charge in [-0.25, -0.2) is 4.98 Å². The molecule has 25 heavy (non-hydrogen) atoms. The van der Waals surface area contributed by atoms with E-state index in [9.17, 15) is 4.79 Å². The summed E-state index contributed by atoms with van der Waals surface area (Å²) in [6, 6.07) is 15.6. The van der Waals surface area contributed by atoms with Gasteiger partial charge in [0, 0.05) is 17.5 Å². The summed E-state index contributed by atoms with van der Waals surface area (Å²) in [5.74, 6) is 0.967. The topological polar surface area (TPSA) is 42.0 Å². The highest BCUT2D eigenvalue weighted by molar-refractivity contribution is 8.01. The zero-order chi connectivity index (χ0) is 17.5. The Labute approximate surface area is 156 Å². The summed E-state index contributed by atoms with van der Waals surface area (Å²) in [5.41, 5.74) is 2.79. The van der Waals surface area contributed by atoms with Crippen LogP contribution in [0.5, 0.6) is 0 Å². The van der Waals surface area contributed by atoms with Crippen LogP contribution in [-0.4, -0.2) is 16.6 Å². The SMILES string of the molecule is CCCCSc1nc2ccc(NC(=O)/C=C/c3ccccc3)cc2s1. The lowest BCUT2D eigenvalue weighted by molar-refractivity contribution is -0.111. The predicted molar refractivity (Wildman–Crippen MR) is 109 cm³/mol. The minimum Gasteiger partial charge on any atom is -0.322 e. The van der Waals surface area contributed by atoms with Crippen LogP contribution in [0.1, 0.15) is 25.3 Å². The van der Waals surface area contributed by atoms with Gasteiger partial charge in [0.2, 0.25) is 5.91 Å². The number of nitrogens with one attached hydrogen (secondary N) is 1. The number of unbranched alkanes of at least 4 members (excludes halogenated alkanes) is 1. The van der Waals surface area contributed by atoms with E-state index in [1.807, 2.05) is 54.6 Å². The quantitative estimate of drug-likeness (QED) is 0.323. The second-order valence-corrected chi connectivity index (χ2v) is 7.97. The Morgan fingerprint density at radius 1 is 1.24 bits per heavy atom. The van der Waals surface area contributed by atoms with Gasteiger partial charge in [-0.1, -0.05) is 55.4 Å². The highest BCUT2D eigenvalue weighted by Crippen LogP contribution is 2.31. The number of carbonyl (C=O) groups is 1. The van der Waals surface area contributed by atoms with Gasteiger partial charge in [0.05, 0.1) is 10.2 Å². The van der Waals surface area contributed by atoms with Gasteiger partial charge < -0.3 is 5.32 Å². The zero-order valence-corrected chi connectivity index (χ0v) is 15.7. The molecule has 0 spiro atoms. The summed E-state index contributed by atoms with van der Waals surface area (Å²) in [7, 11) is 0. The number of benzene rings is 2. The first-order valence-electron chi connectivity index (χ1n) is 8.32. The first kappa shape index (κ1) is 17.7. The number of anilines is 1. The molecule has 1 amide bonds. The number of nitrogens with zero attached hydrogens (tertiary/aromatic N) is 1. The van der Waals surface area contributed by atoms with Gasteiger partial charge in [-0.05, 0) is 36.3 Å². The summed E-state index contributed by atoms with van der Waals surface area (Å²) in [5, 5.41) is 2.91. The monoisotopic (exact) mass is 368 g/mol. The fourth-order valence-corrected chi connectivity index (χ4v) is 4.53. The molecule has 5 heteroatoms. The van der Waals surface area contributed by atoms with Crippen molar-refractivity contribution in [2.45, 2.75) is 24.1 Å². The van der Waals surface area contributed by atoms with E-state index in [2.05, 4.69) is 17.2 Å². The first-order chi connectivity index (χ1) is 12.2. The molecule has 0 unspecified atom stereocenters. The number of aromatic nitrogens is 1. The Hall–Kier alpha value is -2.11. The van der Waals surface area contributed by atoms with Gasteiger partial charge in [-0.3, -0.25) is 4.79 Å². The molecule has 0 saturated heterocycles. The van der Waals surface area contributed by atoms with Crippen LogP contribution < -0.4 is 5.32 Å². The molecule has 2 aromatic carbocycles. The van der Waals surface area contributed by atoms with E-state index in [1.165, 1.54) is 12.8 Å².